The highest BCUT2D eigenvalue weighted by Gasteiger charge is 2.15. The Morgan fingerprint density at radius 2 is 1.75 bits per heavy atom. The summed E-state index contributed by atoms with van der Waals surface area (Å²) in [6.45, 7) is 0. The van der Waals surface area contributed by atoms with Gasteiger partial charge in [0.05, 0.1) is 16.9 Å². The summed E-state index contributed by atoms with van der Waals surface area (Å²) in [4.78, 5) is 21.1. The van der Waals surface area contributed by atoms with Crippen molar-refractivity contribution in [3.63, 3.8) is 0 Å². The van der Waals surface area contributed by atoms with Crippen molar-refractivity contribution in [1.29, 1.82) is 0 Å². The molecule has 0 aliphatic heterocycles. The minimum Gasteiger partial charge on any atom is -0.321 e. The van der Waals surface area contributed by atoms with Crippen LogP contribution in [0.1, 0.15) is 0 Å². The highest BCUT2D eigenvalue weighted by Crippen LogP contribution is 2.26. The molecule has 0 fully saturated rings. The molecule has 7 heteroatoms. The van der Waals surface area contributed by atoms with Crippen molar-refractivity contribution >= 4 is 22.2 Å². The molecule has 0 aromatic carbocycles. The summed E-state index contributed by atoms with van der Waals surface area (Å²) in [5.74, 6) is 0.639. The molecule has 114 valence electrons. The molecule has 0 atom stereocenters. The molecule has 0 aliphatic carbocycles. The lowest BCUT2D eigenvalue weighted by Crippen LogP contribution is -1.88. The first-order valence-electron chi connectivity index (χ1n) is 7.46. The van der Waals surface area contributed by atoms with Crippen LogP contribution in [0.25, 0.3) is 45.1 Å². The molecule has 0 radical (unpaired) electrons. The number of hydrogen-bond donors (Lipinski definition) is 2. The predicted octanol–water partition coefficient (Wildman–Crippen LogP) is 2.96. The second kappa shape index (κ2) is 4.95. The number of hydrogen-bond acceptors (Lipinski definition) is 5. The van der Waals surface area contributed by atoms with Crippen molar-refractivity contribution in [3.05, 3.63) is 54.9 Å². The monoisotopic (exact) mass is 313 g/mol. The van der Waals surface area contributed by atoms with E-state index in [0.29, 0.717) is 11.5 Å². The van der Waals surface area contributed by atoms with Crippen LogP contribution in [-0.4, -0.2) is 35.1 Å². The van der Waals surface area contributed by atoms with Crippen LogP contribution in [0.3, 0.4) is 0 Å². The highest BCUT2D eigenvalue weighted by molar-refractivity contribution is 5.90. The lowest BCUT2D eigenvalue weighted by molar-refractivity contribution is 1.10. The highest BCUT2D eigenvalue weighted by atomic mass is 15.2. The fourth-order valence-corrected chi connectivity index (χ4v) is 2.68. The topological polar surface area (TPSA) is 96.0 Å². The van der Waals surface area contributed by atoms with Gasteiger partial charge < -0.3 is 4.98 Å². The maximum absolute atomic E-state index is 4.72. The van der Waals surface area contributed by atoms with Crippen LogP contribution >= 0.6 is 0 Å². The molecule has 0 saturated carbocycles. The van der Waals surface area contributed by atoms with Crippen LogP contribution in [0.15, 0.2) is 54.9 Å². The molecule has 0 saturated heterocycles. The van der Waals surface area contributed by atoms with E-state index < -0.39 is 0 Å². The first kappa shape index (κ1) is 12.9. The average molecular weight is 313 g/mol. The standard InChI is InChI=1S/C17H11N7/c1-2-8-18-10(4-1)11-6-7-12-14(20-11)15(24-23-12)17-21-13-5-3-9-19-16(13)22-17/h1-9H,(H,23,24)(H,19,21,22). The van der Waals surface area contributed by atoms with E-state index in [2.05, 4.69) is 30.1 Å². The summed E-state index contributed by atoms with van der Waals surface area (Å²) in [5.41, 5.74) is 5.39. The first-order valence-corrected chi connectivity index (χ1v) is 7.46. The molecule has 7 nitrogen and oxygen atoms in total. The number of fused-ring (bicyclic) bond motifs is 2. The van der Waals surface area contributed by atoms with E-state index in [1.54, 1.807) is 12.4 Å². The van der Waals surface area contributed by atoms with Crippen molar-refractivity contribution in [2.24, 2.45) is 0 Å². The van der Waals surface area contributed by atoms with E-state index in [0.717, 1.165) is 33.6 Å². The van der Waals surface area contributed by atoms with Crippen molar-refractivity contribution in [1.82, 2.24) is 35.1 Å². The van der Waals surface area contributed by atoms with Gasteiger partial charge in [0.1, 0.15) is 11.0 Å². The summed E-state index contributed by atoms with van der Waals surface area (Å²) < 4.78 is 0. The minimum absolute atomic E-state index is 0.639. The number of nitrogens with zero attached hydrogens (tertiary/aromatic N) is 5. The normalized spacial score (nSPS) is 11.3. The van der Waals surface area contributed by atoms with Crippen LogP contribution in [-0.2, 0) is 0 Å². The average Bonchev–Trinajstić information content (AvgIpc) is 3.25. The molecule has 5 aromatic heterocycles. The Bertz CT molecular complexity index is 1120. The van der Waals surface area contributed by atoms with Gasteiger partial charge in [0, 0.05) is 12.4 Å². The zero-order valence-electron chi connectivity index (χ0n) is 12.4. The predicted molar refractivity (Wildman–Crippen MR) is 90.0 cm³/mol. The fourth-order valence-electron chi connectivity index (χ4n) is 2.68. The SMILES string of the molecule is c1ccc(-c2ccc3[nH]nc(-c4nc5cccnc5[nH]4)c3n2)nc1. The van der Waals surface area contributed by atoms with Gasteiger partial charge in [0.25, 0.3) is 0 Å². The third kappa shape index (κ3) is 1.95. The molecule has 24 heavy (non-hydrogen) atoms. The third-order valence-corrected chi connectivity index (χ3v) is 3.81. The van der Waals surface area contributed by atoms with Crippen LogP contribution in [0.5, 0.6) is 0 Å². The number of imidazole rings is 1. The summed E-state index contributed by atoms with van der Waals surface area (Å²) >= 11 is 0. The molecular weight excluding hydrogens is 302 g/mol. The zero-order valence-corrected chi connectivity index (χ0v) is 12.4. The summed E-state index contributed by atoms with van der Waals surface area (Å²) in [6.07, 6.45) is 3.48. The van der Waals surface area contributed by atoms with Crippen molar-refractivity contribution in [2.45, 2.75) is 0 Å². The van der Waals surface area contributed by atoms with Gasteiger partial charge in [-0.2, -0.15) is 5.10 Å². The maximum Gasteiger partial charge on any atom is 0.162 e. The fraction of sp³-hybridized carbons (Fsp3) is 0. The number of H-pyrrole nitrogens is 2. The minimum atomic E-state index is 0.639. The number of aromatic amines is 2. The van der Waals surface area contributed by atoms with Gasteiger partial charge in [0.15, 0.2) is 17.2 Å². The third-order valence-electron chi connectivity index (χ3n) is 3.81. The van der Waals surface area contributed by atoms with E-state index in [-0.39, 0.29) is 0 Å². The lowest BCUT2D eigenvalue weighted by atomic mass is 10.2. The molecule has 5 aromatic rings. The van der Waals surface area contributed by atoms with Crippen LogP contribution in [0.4, 0.5) is 0 Å². The Morgan fingerprint density at radius 3 is 2.62 bits per heavy atom. The largest absolute Gasteiger partial charge is 0.321 e. The quantitative estimate of drug-likeness (QED) is 0.522. The van der Waals surface area contributed by atoms with Gasteiger partial charge >= 0.3 is 0 Å². The Balaban J connectivity index is 1.71. The van der Waals surface area contributed by atoms with Gasteiger partial charge in [-0.1, -0.05) is 6.07 Å². The van der Waals surface area contributed by atoms with Gasteiger partial charge in [-0.05, 0) is 36.4 Å². The van der Waals surface area contributed by atoms with E-state index in [9.17, 15) is 0 Å². The molecule has 5 heterocycles. The van der Waals surface area contributed by atoms with Crippen molar-refractivity contribution in [3.8, 4) is 22.9 Å². The molecule has 0 amide bonds. The number of rotatable bonds is 2. The second-order valence-corrected chi connectivity index (χ2v) is 5.34. The Labute approximate surface area is 135 Å². The van der Waals surface area contributed by atoms with Gasteiger partial charge in [0.2, 0.25) is 0 Å². The Kier molecular flexibility index (Phi) is 2.66. The van der Waals surface area contributed by atoms with E-state index >= 15 is 0 Å². The van der Waals surface area contributed by atoms with Crippen molar-refractivity contribution < 1.29 is 0 Å². The molecular formula is C17H11N7. The smallest absolute Gasteiger partial charge is 0.162 e. The van der Waals surface area contributed by atoms with Gasteiger partial charge in [-0.25, -0.2) is 15.0 Å². The number of pyridine rings is 3. The van der Waals surface area contributed by atoms with E-state index in [1.165, 1.54) is 0 Å². The Morgan fingerprint density at radius 1 is 0.792 bits per heavy atom. The molecule has 0 spiro atoms. The van der Waals surface area contributed by atoms with Crippen LogP contribution < -0.4 is 0 Å². The lowest BCUT2D eigenvalue weighted by Gasteiger charge is -1.99. The zero-order chi connectivity index (χ0) is 15.9. The molecule has 0 aliphatic rings. The molecule has 0 bridgehead atoms. The van der Waals surface area contributed by atoms with Gasteiger partial charge in [-0.3, -0.25) is 10.1 Å². The van der Waals surface area contributed by atoms with Gasteiger partial charge in [-0.15, -0.1) is 0 Å². The molecule has 5 rings (SSSR count). The number of nitrogens with one attached hydrogen (secondary N) is 2. The second-order valence-electron chi connectivity index (χ2n) is 5.34. The van der Waals surface area contributed by atoms with Crippen molar-refractivity contribution in [2.75, 3.05) is 0 Å². The van der Waals surface area contributed by atoms with E-state index in [4.69, 9.17) is 4.98 Å². The summed E-state index contributed by atoms with van der Waals surface area (Å²) in [6, 6.07) is 13.4. The maximum atomic E-state index is 4.72. The van der Waals surface area contributed by atoms with E-state index in [1.807, 2.05) is 42.5 Å². The molecule has 0 unspecified atom stereocenters. The summed E-state index contributed by atoms with van der Waals surface area (Å²) in [5, 5.41) is 7.36. The number of aromatic nitrogens is 7. The summed E-state index contributed by atoms with van der Waals surface area (Å²) in [7, 11) is 0. The van der Waals surface area contributed by atoms with Crippen LogP contribution in [0.2, 0.25) is 0 Å². The van der Waals surface area contributed by atoms with Crippen LogP contribution in [0, 0.1) is 0 Å². The molecule has 2 N–H and O–H groups in total. The first-order chi connectivity index (χ1) is 11.9. The Hall–Kier alpha value is -3.61.